The molecule has 0 aliphatic carbocycles. The fourth-order valence-electron chi connectivity index (χ4n) is 4.52. The Labute approximate surface area is 183 Å². The summed E-state index contributed by atoms with van der Waals surface area (Å²) in [5, 5.41) is 9.75. The molecule has 0 fully saturated rings. The van der Waals surface area contributed by atoms with Gasteiger partial charge in [-0.3, -0.25) is 0 Å². The Morgan fingerprint density at radius 1 is 0.548 bits per heavy atom. The molecule has 2 aromatic heterocycles. The Morgan fingerprint density at radius 2 is 1.03 bits per heavy atom. The van der Waals surface area contributed by atoms with Crippen LogP contribution in [0.5, 0.6) is 0 Å². The molecule has 1 aliphatic rings. The highest BCUT2D eigenvalue weighted by Crippen LogP contribution is 2.21. The van der Waals surface area contributed by atoms with Crippen molar-refractivity contribution < 1.29 is 9.13 Å². The van der Waals surface area contributed by atoms with Crippen molar-refractivity contribution in [3.63, 3.8) is 0 Å². The van der Waals surface area contributed by atoms with E-state index in [1.54, 1.807) is 0 Å². The molecule has 0 saturated heterocycles. The zero-order valence-electron chi connectivity index (χ0n) is 17.9. The van der Waals surface area contributed by atoms with Crippen LogP contribution >= 0.6 is 0 Å². The number of hydrogen-bond acceptors (Lipinski definition) is 2. The quantitative estimate of drug-likeness (QED) is 0.321. The van der Waals surface area contributed by atoms with Crippen molar-refractivity contribution in [3.05, 3.63) is 85.2 Å². The number of aromatic nitrogens is 2. The van der Waals surface area contributed by atoms with E-state index in [2.05, 4.69) is 105 Å². The lowest BCUT2D eigenvalue weighted by Gasteiger charge is -2.08. The lowest BCUT2D eigenvalue weighted by atomic mass is 10.1. The highest BCUT2D eigenvalue weighted by Gasteiger charge is 2.14. The molecule has 0 amide bonds. The summed E-state index contributed by atoms with van der Waals surface area (Å²) in [6, 6.07) is 21.8. The molecule has 4 aromatic rings. The fourth-order valence-corrected chi connectivity index (χ4v) is 4.52. The molecule has 4 heteroatoms. The van der Waals surface area contributed by atoms with Crippen molar-refractivity contribution in [2.24, 2.45) is 0 Å². The number of pyridine rings is 2. The summed E-state index contributed by atoms with van der Waals surface area (Å²) in [4.78, 5) is 0. The van der Waals surface area contributed by atoms with Crippen molar-refractivity contribution >= 4 is 33.2 Å². The highest BCUT2D eigenvalue weighted by molar-refractivity contribution is 5.89. The van der Waals surface area contributed by atoms with E-state index in [0.717, 1.165) is 26.2 Å². The van der Waals surface area contributed by atoms with Gasteiger partial charge in [-0.1, -0.05) is 36.4 Å². The maximum absolute atomic E-state index is 3.59. The van der Waals surface area contributed by atoms with Crippen LogP contribution in [0.4, 0.5) is 11.4 Å². The molecular formula is C27H30N4+2. The van der Waals surface area contributed by atoms with E-state index in [0.29, 0.717) is 0 Å². The minimum atomic E-state index is 0.811. The first-order valence-corrected chi connectivity index (χ1v) is 11.4. The van der Waals surface area contributed by atoms with Crippen molar-refractivity contribution in [1.82, 2.24) is 0 Å². The zero-order valence-corrected chi connectivity index (χ0v) is 17.9. The first-order chi connectivity index (χ1) is 15.4. The highest BCUT2D eigenvalue weighted by atomic mass is 15.0. The van der Waals surface area contributed by atoms with Gasteiger partial charge in [-0.25, -0.2) is 0 Å². The molecule has 3 heterocycles. The van der Waals surface area contributed by atoms with Crippen molar-refractivity contribution in [2.75, 3.05) is 23.7 Å². The van der Waals surface area contributed by atoms with E-state index in [-0.39, 0.29) is 0 Å². The SMILES string of the molecule is C1=C/CNc2cc[n+](c3ccccc23)CCCCC[n+]2ccc(c3ccccc32)NC/1. The third-order valence-electron chi connectivity index (χ3n) is 6.14. The summed E-state index contributed by atoms with van der Waals surface area (Å²) in [5.41, 5.74) is 4.98. The van der Waals surface area contributed by atoms with Gasteiger partial charge in [-0.2, -0.15) is 9.13 Å². The van der Waals surface area contributed by atoms with Gasteiger partial charge in [-0.15, -0.1) is 0 Å². The molecule has 0 radical (unpaired) electrons. The maximum atomic E-state index is 3.59. The summed E-state index contributed by atoms with van der Waals surface area (Å²) >= 11 is 0. The molecule has 2 aromatic carbocycles. The average molecular weight is 411 g/mol. The van der Waals surface area contributed by atoms with Crippen LogP contribution in [0.15, 0.2) is 85.2 Å². The van der Waals surface area contributed by atoms with E-state index in [1.165, 1.54) is 52.4 Å². The summed E-state index contributed by atoms with van der Waals surface area (Å²) < 4.78 is 4.79. The normalized spacial score (nSPS) is 16.3. The van der Waals surface area contributed by atoms with E-state index in [9.17, 15) is 0 Å². The molecule has 2 N–H and O–H groups in total. The van der Waals surface area contributed by atoms with Crippen molar-refractivity contribution in [1.29, 1.82) is 0 Å². The number of hydrogen-bond donors (Lipinski definition) is 2. The Hall–Kier alpha value is -3.40. The number of rotatable bonds is 0. The fraction of sp³-hybridized carbons (Fsp3) is 0.259. The van der Waals surface area contributed by atoms with Gasteiger partial charge in [-0.05, 0) is 18.6 Å². The molecular weight excluding hydrogens is 380 g/mol. The molecule has 1 aliphatic heterocycles. The van der Waals surface area contributed by atoms with Crippen LogP contribution < -0.4 is 19.8 Å². The Balaban J connectivity index is 1.44. The largest absolute Gasteiger partial charge is 0.381 e. The topological polar surface area (TPSA) is 31.8 Å². The lowest BCUT2D eigenvalue weighted by Crippen LogP contribution is -2.35. The monoisotopic (exact) mass is 410 g/mol. The molecule has 5 rings (SSSR count). The van der Waals surface area contributed by atoms with Gasteiger partial charge in [0.1, 0.15) is 13.1 Å². The second-order valence-electron chi connectivity index (χ2n) is 8.17. The minimum absolute atomic E-state index is 0.811. The number of nitrogens with one attached hydrogen (secondary N) is 2. The predicted octanol–water partition coefficient (Wildman–Crippen LogP) is 4.83. The lowest BCUT2D eigenvalue weighted by molar-refractivity contribution is -0.675. The van der Waals surface area contributed by atoms with Gasteiger partial charge in [0.25, 0.3) is 0 Å². The van der Waals surface area contributed by atoms with Gasteiger partial charge in [0, 0.05) is 50.2 Å². The first-order valence-electron chi connectivity index (χ1n) is 11.4. The number of fused-ring (bicyclic) bond motifs is 12. The summed E-state index contributed by atoms with van der Waals surface area (Å²) in [5.74, 6) is 0. The van der Waals surface area contributed by atoms with Crippen LogP contribution in [-0.2, 0) is 13.1 Å². The molecule has 0 atom stereocenters. The molecule has 4 nitrogen and oxygen atoms in total. The van der Waals surface area contributed by atoms with E-state index >= 15 is 0 Å². The van der Waals surface area contributed by atoms with Crippen molar-refractivity contribution in [3.8, 4) is 0 Å². The van der Waals surface area contributed by atoms with Crippen LogP contribution in [-0.4, -0.2) is 13.1 Å². The molecule has 156 valence electrons. The Bertz CT molecular complexity index is 1130. The summed E-state index contributed by atoms with van der Waals surface area (Å²) in [7, 11) is 0. The van der Waals surface area contributed by atoms with Crippen LogP contribution in [0.25, 0.3) is 21.8 Å². The molecule has 0 saturated carbocycles. The number of benzene rings is 2. The summed E-state index contributed by atoms with van der Waals surface area (Å²) in [6.45, 7) is 3.72. The van der Waals surface area contributed by atoms with Gasteiger partial charge in [0.15, 0.2) is 12.4 Å². The first kappa shape index (κ1) is 19.6. The third-order valence-corrected chi connectivity index (χ3v) is 6.14. The second-order valence-corrected chi connectivity index (χ2v) is 8.17. The Kier molecular flexibility index (Phi) is 5.79. The number of aryl methyl sites for hydroxylation is 2. The number of nitrogens with zero attached hydrogens (tertiary/aromatic N) is 2. The van der Waals surface area contributed by atoms with Crippen LogP contribution in [0.3, 0.4) is 0 Å². The molecule has 31 heavy (non-hydrogen) atoms. The predicted molar refractivity (Wildman–Crippen MR) is 128 cm³/mol. The molecule has 4 bridgehead atoms. The van der Waals surface area contributed by atoms with Crippen LogP contribution in [0.1, 0.15) is 19.3 Å². The number of para-hydroxylation sites is 2. The smallest absolute Gasteiger partial charge is 0.214 e. The molecule has 0 spiro atoms. The average Bonchev–Trinajstić information content (AvgIpc) is 2.82. The van der Waals surface area contributed by atoms with E-state index in [4.69, 9.17) is 0 Å². The van der Waals surface area contributed by atoms with E-state index < -0.39 is 0 Å². The Morgan fingerprint density at radius 3 is 1.55 bits per heavy atom. The van der Waals surface area contributed by atoms with E-state index in [1.807, 2.05) is 0 Å². The zero-order chi connectivity index (χ0) is 20.9. The molecule has 0 unspecified atom stereocenters. The van der Waals surface area contributed by atoms with Gasteiger partial charge >= 0.3 is 0 Å². The minimum Gasteiger partial charge on any atom is -0.381 e. The van der Waals surface area contributed by atoms with Gasteiger partial charge in [0.05, 0.1) is 22.1 Å². The second kappa shape index (κ2) is 9.17. The van der Waals surface area contributed by atoms with Gasteiger partial charge < -0.3 is 10.6 Å². The van der Waals surface area contributed by atoms with Crippen molar-refractivity contribution in [2.45, 2.75) is 32.4 Å². The number of anilines is 2. The van der Waals surface area contributed by atoms with Crippen LogP contribution in [0, 0.1) is 0 Å². The third kappa shape index (κ3) is 4.24. The standard InChI is InChI=1S/C27H28N4/c1-8-18-30-20-14-24(22-10-2-4-12-26(22)30)28-16-6-7-17-29-25-15-21-31(19-9-1)27-13-5-3-11-23(25)27/h2-7,10-15,20-21H,1,8-9,16-19H2/p+2/b7-6+,28-24?,29-25?. The van der Waals surface area contributed by atoms with Gasteiger partial charge in [0.2, 0.25) is 11.0 Å². The van der Waals surface area contributed by atoms with Crippen LogP contribution in [0.2, 0.25) is 0 Å². The maximum Gasteiger partial charge on any atom is 0.214 e. The summed E-state index contributed by atoms with van der Waals surface area (Å²) in [6.07, 6.45) is 12.4.